The molecule has 2 aromatic heterocycles. The molecule has 0 unspecified atom stereocenters. The van der Waals surface area contributed by atoms with Crippen molar-refractivity contribution in [2.75, 3.05) is 59.0 Å². The SMILES string of the molecule is C[C@@H](O)[C@H](NC(=O)CNC(=O)CNC(=O)[C@H](CCCNC(N)=NCC(F)(F)F)NC(=O)[C@H](CO)NC(=O)[C@@H](NC(=O)CNC(=O)CNC(=O)[C@@H](N)Cc1c[nH]c2ccccc12)[C@@H](C)O)C(=O)NCC(=O)NCC(=O)N[C@@H](Cc1c[nH]c2ccccc12)C(=O)O. The number of carboxylic acids is 1. The van der Waals surface area contributed by atoms with Crippen LogP contribution >= 0.6 is 0 Å². The molecule has 22 N–H and O–H groups in total. The number of amides is 11. The third-order valence-electron chi connectivity index (χ3n) is 12.8. The van der Waals surface area contributed by atoms with Crippen LogP contribution in [0.3, 0.4) is 0 Å². The number of hydrogen-bond donors (Lipinski definition) is 20. The van der Waals surface area contributed by atoms with Crippen molar-refractivity contribution in [2.24, 2.45) is 16.5 Å². The number of H-pyrrole nitrogens is 2. The van der Waals surface area contributed by atoms with Crippen LogP contribution in [0.15, 0.2) is 65.9 Å². The molecule has 2 heterocycles. The molecule has 4 rings (SSSR count). The van der Waals surface area contributed by atoms with Crippen molar-refractivity contribution >= 4 is 98.7 Å². The van der Waals surface area contributed by atoms with Gasteiger partial charge in [0.05, 0.1) is 64.1 Å². The lowest BCUT2D eigenvalue weighted by atomic mass is 10.1. The lowest BCUT2D eigenvalue weighted by Gasteiger charge is -2.25. The highest BCUT2D eigenvalue weighted by Gasteiger charge is 2.33. The third-order valence-corrected chi connectivity index (χ3v) is 12.8. The number of aliphatic hydroxyl groups is 3. The molecule has 11 amide bonds. The molecule has 0 saturated carbocycles. The van der Waals surface area contributed by atoms with Crippen molar-refractivity contribution in [1.82, 2.24) is 73.8 Å². The maximum Gasteiger partial charge on any atom is 0.408 e. The molecule has 4 aromatic rings. The molecule has 0 fully saturated rings. The number of halogens is 3. The smallest absolute Gasteiger partial charge is 0.408 e. The minimum atomic E-state index is -4.69. The first kappa shape index (κ1) is 71.5. The topological polar surface area (TPSA) is 526 Å². The van der Waals surface area contributed by atoms with Crippen molar-refractivity contribution in [3.05, 3.63) is 72.1 Å². The Kier molecular flexibility index (Phi) is 28.1. The highest BCUT2D eigenvalue weighted by Crippen LogP contribution is 2.20. The fourth-order valence-electron chi connectivity index (χ4n) is 8.20. The second-order valence-corrected chi connectivity index (χ2v) is 19.9. The number of para-hydroxylation sites is 2. The van der Waals surface area contributed by atoms with Crippen LogP contribution in [0.5, 0.6) is 0 Å². The largest absolute Gasteiger partial charge is 0.480 e. The van der Waals surface area contributed by atoms with E-state index in [-0.39, 0.29) is 32.2 Å². The summed E-state index contributed by atoms with van der Waals surface area (Å²) in [6.07, 6.45) is -5.11. The van der Waals surface area contributed by atoms with Gasteiger partial charge in [0.25, 0.3) is 0 Å². The number of aliphatic imine (C=N–C) groups is 1. The monoisotopic (exact) mass is 1260 g/mol. The second kappa shape index (κ2) is 35.0. The predicted molar refractivity (Wildman–Crippen MR) is 308 cm³/mol. The van der Waals surface area contributed by atoms with Crippen LogP contribution in [0, 0.1) is 0 Å². The van der Waals surface area contributed by atoms with Crippen molar-refractivity contribution < 1.29 is 91.1 Å². The van der Waals surface area contributed by atoms with Crippen LogP contribution in [-0.4, -0.2) is 221 Å². The molecule has 8 atom stereocenters. The highest BCUT2D eigenvalue weighted by molar-refractivity contribution is 5.98. The Bertz CT molecular complexity index is 3190. The number of hydrogen-bond acceptors (Lipinski definition) is 17. The van der Waals surface area contributed by atoms with E-state index in [1.807, 2.05) is 24.3 Å². The van der Waals surface area contributed by atoms with E-state index < -0.39 is 184 Å². The Morgan fingerprint density at radius 2 is 0.978 bits per heavy atom. The number of nitrogens with zero attached hydrogens (tertiary/aromatic N) is 1. The minimum absolute atomic E-state index is 0.0893. The zero-order chi connectivity index (χ0) is 66.0. The summed E-state index contributed by atoms with van der Waals surface area (Å²) in [4.78, 5) is 163. The Morgan fingerprint density at radius 1 is 0.539 bits per heavy atom. The van der Waals surface area contributed by atoms with Crippen LogP contribution in [-0.2, 0) is 70.4 Å². The van der Waals surface area contributed by atoms with E-state index in [1.165, 1.54) is 0 Å². The Hall–Kier alpha value is -9.94. The molecule has 33 nitrogen and oxygen atoms in total. The Balaban J connectivity index is 1.25. The summed E-state index contributed by atoms with van der Waals surface area (Å²) in [5.41, 5.74) is 14.5. The average Bonchev–Trinajstić information content (AvgIpc) is 3.82. The first-order valence-electron chi connectivity index (χ1n) is 27.3. The van der Waals surface area contributed by atoms with E-state index in [9.17, 15) is 91.1 Å². The van der Waals surface area contributed by atoms with E-state index in [4.69, 9.17) is 11.5 Å². The molecular weight excluding hydrogens is 1190 g/mol. The van der Waals surface area contributed by atoms with Gasteiger partial charge in [0, 0.05) is 47.2 Å². The van der Waals surface area contributed by atoms with E-state index in [2.05, 4.69) is 78.8 Å². The molecule has 89 heavy (non-hydrogen) atoms. The summed E-state index contributed by atoms with van der Waals surface area (Å²) < 4.78 is 37.9. The number of carboxylic acid groups (broad SMARTS) is 1. The number of aromatic nitrogens is 2. The van der Waals surface area contributed by atoms with Gasteiger partial charge in [-0.25, -0.2) is 9.79 Å². The quantitative estimate of drug-likeness (QED) is 0.0116. The standard InChI is InChI=1S/C53H72F3N17O16/c1-26(75)44(49(86)67-20-40(79)62-21-41(80)69-36(51(88)89)15-29-17-61-34-11-6-4-9-31(29)34)72-42(81)22-64-39(78)19-66-47(84)35(12-7-13-59-52(58)68-25-53(54,55)56)70-48(85)37(24-74)71-50(87)45(27(2)76)73-43(82)23-63-38(77)18-65-46(83)32(57)14-28-16-60-33-10-5-3-8-30(28)33/h3-6,8-11,16-17,26-27,32,35-37,44-45,60-61,74-76H,7,12-15,18-25,57H2,1-2H3,(H,62,79)(H,63,77)(H,64,78)(H,65,83)(H,66,84)(H,67,86)(H,69,80)(H,70,85)(H,71,87)(H,72,81)(H,73,82)(H,88,89)(H3,58,59,68)/t26-,27-,32+,35+,36+,37+,44+,45+/m1/s1. The second-order valence-electron chi connectivity index (χ2n) is 19.9. The van der Waals surface area contributed by atoms with Gasteiger partial charge in [-0.2, -0.15) is 13.2 Å². The maximum absolute atomic E-state index is 13.5. The van der Waals surface area contributed by atoms with Gasteiger partial charge < -0.3 is 106 Å². The number of rotatable bonds is 35. The number of nitrogens with two attached hydrogens (primary N) is 2. The van der Waals surface area contributed by atoms with Crippen LogP contribution in [0.25, 0.3) is 21.8 Å². The number of nitrogens with one attached hydrogen (secondary N) is 14. The van der Waals surface area contributed by atoms with Gasteiger partial charge in [0.2, 0.25) is 65.0 Å². The zero-order valence-electron chi connectivity index (χ0n) is 48.0. The third kappa shape index (κ3) is 24.8. The molecule has 36 heteroatoms. The molecule has 0 aliphatic rings. The molecule has 2 aromatic carbocycles. The number of aromatic amines is 2. The van der Waals surface area contributed by atoms with Gasteiger partial charge in [0.15, 0.2) is 5.96 Å². The molecule has 0 saturated heterocycles. The number of aliphatic carboxylic acids is 1. The number of aliphatic hydroxyl groups excluding tert-OH is 3. The first-order chi connectivity index (χ1) is 42.0. The Labute approximate surface area is 504 Å². The number of alkyl halides is 3. The molecule has 0 radical (unpaired) electrons. The number of benzene rings is 2. The van der Waals surface area contributed by atoms with Gasteiger partial charge in [-0.05, 0) is 56.4 Å². The molecule has 0 bridgehead atoms. The van der Waals surface area contributed by atoms with Crippen LogP contribution < -0.4 is 75.3 Å². The lowest BCUT2D eigenvalue weighted by Crippen LogP contribution is -2.60. The van der Waals surface area contributed by atoms with Crippen LogP contribution in [0.4, 0.5) is 13.2 Å². The van der Waals surface area contributed by atoms with Crippen molar-refractivity contribution in [1.29, 1.82) is 0 Å². The molecule has 0 aliphatic heterocycles. The summed E-state index contributed by atoms with van der Waals surface area (Å²) in [7, 11) is 0. The number of fused-ring (bicyclic) bond motifs is 2. The maximum atomic E-state index is 13.5. The van der Waals surface area contributed by atoms with Crippen LogP contribution in [0.1, 0.15) is 37.8 Å². The Morgan fingerprint density at radius 3 is 1.46 bits per heavy atom. The number of carbonyl (C=O) groups excluding carboxylic acids is 11. The summed E-state index contributed by atoms with van der Waals surface area (Å²) >= 11 is 0. The predicted octanol–water partition coefficient (Wildman–Crippen LogP) is -7.03. The van der Waals surface area contributed by atoms with Crippen molar-refractivity contribution in [3.63, 3.8) is 0 Å². The van der Waals surface area contributed by atoms with Gasteiger partial charge >= 0.3 is 12.1 Å². The molecular formula is C53H72F3N17O16. The van der Waals surface area contributed by atoms with Crippen LogP contribution in [0.2, 0.25) is 0 Å². The van der Waals surface area contributed by atoms with Gasteiger partial charge in [0.1, 0.15) is 36.8 Å². The molecule has 0 spiro atoms. The zero-order valence-corrected chi connectivity index (χ0v) is 48.0. The molecule has 486 valence electrons. The normalized spacial score (nSPS) is 14.1. The fraction of sp³-hybridized carbons (Fsp3) is 0.453. The first-order valence-corrected chi connectivity index (χ1v) is 27.3. The average molecular weight is 1260 g/mol. The summed E-state index contributed by atoms with van der Waals surface area (Å²) in [5.74, 6) is -13.1. The number of guanidine groups is 1. The summed E-state index contributed by atoms with van der Waals surface area (Å²) in [5, 5.41) is 68.6. The highest BCUT2D eigenvalue weighted by atomic mass is 19.4. The summed E-state index contributed by atoms with van der Waals surface area (Å²) in [6, 6.07) is 4.91. The number of carbonyl (C=O) groups is 12. The van der Waals surface area contributed by atoms with Gasteiger partial charge in [-0.1, -0.05) is 36.4 Å². The van der Waals surface area contributed by atoms with E-state index in [1.54, 1.807) is 36.7 Å². The van der Waals surface area contributed by atoms with Gasteiger partial charge in [-0.15, -0.1) is 0 Å². The van der Waals surface area contributed by atoms with E-state index in [0.717, 1.165) is 41.2 Å². The van der Waals surface area contributed by atoms with Crippen molar-refractivity contribution in [3.8, 4) is 0 Å². The summed E-state index contributed by atoms with van der Waals surface area (Å²) in [6.45, 7) is -5.44. The van der Waals surface area contributed by atoms with E-state index in [0.29, 0.717) is 5.56 Å². The van der Waals surface area contributed by atoms with Gasteiger partial charge in [-0.3, -0.25) is 52.7 Å². The molecule has 0 aliphatic carbocycles. The fourth-order valence-corrected chi connectivity index (χ4v) is 8.20. The van der Waals surface area contributed by atoms with E-state index >= 15 is 0 Å². The van der Waals surface area contributed by atoms with Crippen molar-refractivity contribution in [2.45, 2.75) is 94.2 Å². The lowest BCUT2D eigenvalue weighted by molar-refractivity contribution is -0.141. The minimum Gasteiger partial charge on any atom is -0.480 e.